The lowest BCUT2D eigenvalue weighted by Gasteiger charge is -2.20. The standard InChI is InChI=1S/C12H13N/c1-3-12(4-2,10-13)11-8-6-5-7-9-11/h3,5-9H,1,4H2,2H3. The van der Waals surface area contributed by atoms with Crippen molar-refractivity contribution in [2.24, 2.45) is 0 Å². The lowest BCUT2D eigenvalue weighted by molar-refractivity contribution is 0.659. The van der Waals surface area contributed by atoms with Gasteiger partial charge in [-0.2, -0.15) is 5.26 Å². The summed E-state index contributed by atoms with van der Waals surface area (Å²) in [5.74, 6) is 0. The minimum Gasteiger partial charge on any atom is -0.197 e. The van der Waals surface area contributed by atoms with Crippen LogP contribution in [0.4, 0.5) is 0 Å². The predicted molar refractivity (Wildman–Crippen MR) is 54.2 cm³/mol. The topological polar surface area (TPSA) is 23.8 Å². The predicted octanol–water partition coefficient (Wildman–Crippen LogP) is 3.04. The molecule has 0 saturated heterocycles. The fraction of sp³-hybridized carbons (Fsp3) is 0.250. The van der Waals surface area contributed by atoms with Gasteiger partial charge in [-0.15, -0.1) is 6.58 Å². The van der Waals surface area contributed by atoms with Crippen LogP contribution in [0, 0.1) is 11.3 Å². The molecule has 1 rings (SSSR count). The van der Waals surface area contributed by atoms with Crippen molar-refractivity contribution >= 4 is 0 Å². The van der Waals surface area contributed by atoms with Gasteiger partial charge in [0.2, 0.25) is 0 Å². The molecule has 0 N–H and O–H groups in total. The van der Waals surface area contributed by atoms with Crippen LogP contribution in [-0.4, -0.2) is 0 Å². The van der Waals surface area contributed by atoms with Crippen molar-refractivity contribution in [3.05, 3.63) is 48.6 Å². The number of nitriles is 1. The summed E-state index contributed by atoms with van der Waals surface area (Å²) in [7, 11) is 0. The monoisotopic (exact) mass is 171 g/mol. The maximum absolute atomic E-state index is 9.11. The largest absolute Gasteiger partial charge is 0.197 e. The first-order chi connectivity index (χ1) is 6.29. The number of rotatable bonds is 3. The average Bonchev–Trinajstić information content (AvgIpc) is 2.23. The molecule has 0 fully saturated rings. The molecule has 1 aromatic rings. The molecule has 0 aliphatic heterocycles. The summed E-state index contributed by atoms with van der Waals surface area (Å²) in [6.45, 7) is 5.73. The lowest BCUT2D eigenvalue weighted by atomic mass is 9.80. The first-order valence-electron chi connectivity index (χ1n) is 4.39. The Morgan fingerprint density at radius 3 is 2.46 bits per heavy atom. The van der Waals surface area contributed by atoms with Gasteiger partial charge in [0.25, 0.3) is 0 Å². The molecule has 0 aliphatic carbocycles. The zero-order valence-corrected chi connectivity index (χ0v) is 7.83. The SMILES string of the molecule is C=CC(C#N)(CC)c1ccccc1. The number of hydrogen-bond donors (Lipinski definition) is 0. The Labute approximate surface area is 79.3 Å². The van der Waals surface area contributed by atoms with Crippen LogP contribution >= 0.6 is 0 Å². The zero-order valence-electron chi connectivity index (χ0n) is 7.83. The van der Waals surface area contributed by atoms with E-state index in [4.69, 9.17) is 5.26 Å². The van der Waals surface area contributed by atoms with E-state index >= 15 is 0 Å². The van der Waals surface area contributed by atoms with Gasteiger partial charge >= 0.3 is 0 Å². The number of nitrogens with zero attached hydrogens (tertiary/aromatic N) is 1. The Hall–Kier alpha value is -1.55. The first-order valence-corrected chi connectivity index (χ1v) is 4.39. The van der Waals surface area contributed by atoms with Crippen molar-refractivity contribution < 1.29 is 0 Å². The van der Waals surface area contributed by atoms with E-state index in [1.807, 2.05) is 37.3 Å². The second-order valence-corrected chi connectivity index (χ2v) is 3.01. The van der Waals surface area contributed by atoms with Gasteiger partial charge in [-0.05, 0) is 12.0 Å². The highest BCUT2D eigenvalue weighted by Gasteiger charge is 2.25. The summed E-state index contributed by atoms with van der Waals surface area (Å²) in [6, 6.07) is 12.1. The summed E-state index contributed by atoms with van der Waals surface area (Å²) >= 11 is 0. The third-order valence-electron chi connectivity index (χ3n) is 2.39. The highest BCUT2D eigenvalue weighted by atomic mass is 14.4. The van der Waals surface area contributed by atoms with Gasteiger partial charge in [-0.1, -0.05) is 43.3 Å². The first kappa shape index (κ1) is 9.54. The van der Waals surface area contributed by atoms with Crippen LogP contribution in [0.1, 0.15) is 18.9 Å². The van der Waals surface area contributed by atoms with E-state index in [1.54, 1.807) is 6.08 Å². The fourth-order valence-corrected chi connectivity index (χ4v) is 1.39. The van der Waals surface area contributed by atoms with Gasteiger partial charge in [0.05, 0.1) is 11.5 Å². The smallest absolute Gasteiger partial charge is 0.0997 e. The van der Waals surface area contributed by atoms with Gasteiger partial charge < -0.3 is 0 Å². The Kier molecular flexibility index (Phi) is 2.87. The molecule has 0 spiro atoms. The molecule has 1 atom stereocenters. The van der Waals surface area contributed by atoms with Crippen LogP contribution in [0.3, 0.4) is 0 Å². The minimum absolute atomic E-state index is 0.513. The number of allylic oxidation sites excluding steroid dienone is 1. The summed E-state index contributed by atoms with van der Waals surface area (Å²) < 4.78 is 0. The third kappa shape index (κ3) is 1.62. The van der Waals surface area contributed by atoms with E-state index in [9.17, 15) is 0 Å². The van der Waals surface area contributed by atoms with Crippen molar-refractivity contribution in [3.8, 4) is 6.07 Å². The van der Waals surface area contributed by atoms with E-state index in [0.717, 1.165) is 12.0 Å². The van der Waals surface area contributed by atoms with E-state index in [2.05, 4.69) is 12.6 Å². The van der Waals surface area contributed by atoms with Crippen molar-refractivity contribution in [2.75, 3.05) is 0 Å². The summed E-state index contributed by atoms with van der Waals surface area (Å²) in [5, 5.41) is 9.11. The van der Waals surface area contributed by atoms with E-state index in [1.165, 1.54) is 0 Å². The van der Waals surface area contributed by atoms with Gasteiger partial charge in [0.1, 0.15) is 0 Å². The maximum Gasteiger partial charge on any atom is 0.0997 e. The fourth-order valence-electron chi connectivity index (χ4n) is 1.39. The molecule has 0 aromatic heterocycles. The molecule has 0 amide bonds. The van der Waals surface area contributed by atoms with Gasteiger partial charge in [0, 0.05) is 0 Å². The molecule has 0 heterocycles. The summed E-state index contributed by atoms with van der Waals surface area (Å²) in [5.41, 5.74) is 0.511. The Morgan fingerprint density at radius 2 is 2.08 bits per heavy atom. The molecule has 1 unspecified atom stereocenters. The van der Waals surface area contributed by atoms with Gasteiger partial charge in [-0.3, -0.25) is 0 Å². The van der Waals surface area contributed by atoms with E-state index < -0.39 is 5.41 Å². The molecule has 1 aromatic carbocycles. The van der Waals surface area contributed by atoms with Crippen LogP contribution < -0.4 is 0 Å². The van der Waals surface area contributed by atoms with Crippen LogP contribution in [-0.2, 0) is 5.41 Å². The molecule has 0 aliphatic rings. The Bertz CT molecular complexity index is 321. The second kappa shape index (κ2) is 3.91. The van der Waals surface area contributed by atoms with Crippen molar-refractivity contribution in [3.63, 3.8) is 0 Å². The number of benzene rings is 1. The van der Waals surface area contributed by atoms with Crippen LogP contribution in [0.25, 0.3) is 0 Å². The van der Waals surface area contributed by atoms with Crippen molar-refractivity contribution in [2.45, 2.75) is 18.8 Å². The highest BCUT2D eigenvalue weighted by molar-refractivity contribution is 5.37. The second-order valence-electron chi connectivity index (χ2n) is 3.01. The molecule has 0 saturated carbocycles. The lowest BCUT2D eigenvalue weighted by Crippen LogP contribution is -2.19. The van der Waals surface area contributed by atoms with Crippen LogP contribution in [0.2, 0.25) is 0 Å². The summed E-state index contributed by atoms with van der Waals surface area (Å²) in [4.78, 5) is 0. The van der Waals surface area contributed by atoms with Crippen LogP contribution in [0.15, 0.2) is 43.0 Å². The molecule has 0 bridgehead atoms. The van der Waals surface area contributed by atoms with Crippen LogP contribution in [0.5, 0.6) is 0 Å². The quantitative estimate of drug-likeness (QED) is 0.641. The molecule has 66 valence electrons. The maximum atomic E-state index is 9.11. The molecular formula is C12H13N. The van der Waals surface area contributed by atoms with Gasteiger partial charge in [0.15, 0.2) is 0 Å². The summed E-state index contributed by atoms with van der Waals surface area (Å²) in [6.07, 6.45) is 2.49. The molecule has 13 heavy (non-hydrogen) atoms. The zero-order chi connectivity index (χ0) is 9.73. The van der Waals surface area contributed by atoms with E-state index in [-0.39, 0.29) is 0 Å². The molecule has 1 nitrogen and oxygen atoms in total. The van der Waals surface area contributed by atoms with E-state index in [0.29, 0.717) is 0 Å². The average molecular weight is 171 g/mol. The normalized spacial score (nSPS) is 14.2. The minimum atomic E-state index is -0.513. The van der Waals surface area contributed by atoms with Crippen molar-refractivity contribution in [1.82, 2.24) is 0 Å². The molecule has 0 radical (unpaired) electrons. The Balaban J connectivity index is 3.18. The Morgan fingerprint density at radius 1 is 1.46 bits per heavy atom. The van der Waals surface area contributed by atoms with Gasteiger partial charge in [-0.25, -0.2) is 0 Å². The highest BCUT2D eigenvalue weighted by Crippen LogP contribution is 2.27. The molecular weight excluding hydrogens is 158 g/mol. The third-order valence-corrected chi connectivity index (χ3v) is 2.39. The molecule has 1 heteroatoms. The number of hydrogen-bond acceptors (Lipinski definition) is 1. The van der Waals surface area contributed by atoms with Crippen molar-refractivity contribution in [1.29, 1.82) is 5.26 Å².